The van der Waals surface area contributed by atoms with Crippen molar-refractivity contribution >= 4 is 0 Å². The first-order chi connectivity index (χ1) is 8.39. The van der Waals surface area contributed by atoms with E-state index in [1.165, 1.54) is 12.0 Å². The third-order valence-electron chi connectivity index (χ3n) is 2.97. The summed E-state index contributed by atoms with van der Waals surface area (Å²) in [6, 6.07) is 8.45. The van der Waals surface area contributed by atoms with Crippen LogP contribution in [-0.4, -0.2) is 32.1 Å². The summed E-state index contributed by atoms with van der Waals surface area (Å²) in [4.78, 5) is 2.21. The Bertz CT molecular complexity index is 352. The van der Waals surface area contributed by atoms with Crippen molar-refractivity contribution in [1.29, 1.82) is 0 Å². The minimum absolute atomic E-state index is 0.185. The average molecular weight is 249 g/mol. The standard InChI is InChI=1S/C16H27NO/c1-16(2,3)14-9-8-10-15(13-14)18-12-7-6-11-17(4)5/h8-10,13H,6-7,11-12H2,1-5H3. The van der Waals surface area contributed by atoms with Crippen LogP contribution in [0.5, 0.6) is 5.75 Å². The fourth-order valence-electron chi connectivity index (χ4n) is 1.77. The number of benzene rings is 1. The van der Waals surface area contributed by atoms with Gasteiger partial charge in [-0.1, -0.05) is 32.9 Å². The van der Waals surface area contributed by atoms with Crippen LogP contribution in [0.4, 0.5) is 0 Å². The van der Waals surface area contributed by atoms with Crippen LogP contribution in [0.2, 0.25) is 0 Å². The predicted molar refractivity (Wildman–Crippen MR) is 78.4 cm³/mol. The lowest BCUT2D eigenvalue weighted by molar-refractivity contribution is 0.292. The zero-order valence-electron chi connectivity index (χ0n) is 12.5. The quantitative estimate of drug-likeness (QED) is 0.713. The van der Waals surface area contributed by atoms with E-state index >= 15 is 0 Å². The zero-order valence-corrected chi connectivity index (χ0v) is 12.5. The van der Waals surface area contributed by atoms with Crippen molar-refractivity contribution in [3.8, 4) is 5.75 Å². The summed E-state index contributed by atoms with van der Waals surface area (Å²) in [5.41, 5.74) is 1.51. The normalized spacial score (nSPS) is 11.9. The maximum atomic E-state index is 5.81. The third-order valence-corrected chi connectivity index (χ3v) is 2.97. The number of unbranched alkanes of at least 4 members (excludes halogenated alkanes) is 1. The van der Waals surface area contributed by atoms with Crippen molar-refractivity contribution < 1.29 is 4.74 Å². The molecule has 1 aromatic rings. The number of hydrogen-bond donors (Lipinski definition) is 0. The van der Waals surface area contributed by atoms with Crippen molar-refractivity contribution in [3.63, 3.8) is 0 Å². The smallest absolute Gasteiger partial charge is 0.119 e. The molecule has 0 fully saturated rings. The van der Waals surface area contributed by atoms with Crippen molar-refractivity contribution in [2.24, 2.45) is 0 Å². The Balaban J connectivity index is 2.39. The van der Waals surface area contributed by atoms with E-state index in [0.29, 0.717) is 0 Å². The molecule has 0 aromatic heterocycles. The van der Waals surface area contributed by atoms with Crippen LogP contribution in [0.1, 0.15) is 39.2 Å². The molecule has 0 amide bonds. The number of nitrogens with zero attached hydrogens (tertiary/aromatic N) is 1. The highest BCUT2D eigenvalue weighted by Gasteiger charge is 2.13. The van der Waals surface area contributed by atoms with E-state index in [-0.39, 0.29) is 5.41 Å². The molecule has 1 rings (SSSR count). The molecule has 0 heterocycles. The van der Waals surface area contributed by atoms with Gasteiger partial charge < -0.3 is 9.64 Å². The van der Waals surface area contributed by atoms with E-state index in [1.807, 2.05) is 6.07 Å². The fourth-order valence-corrected chi connectivity index (χ4v) is 1.77. The first-order valence-electron chi connectivity index (χ1n) is 6.77. The predicted octanol–water partition coefficient (Wildman–Crippen LogP) is 3.70. The lowest BCUT2D eigenvalue weighted by atomic mass is 9.87. The second-order valence-corrected chi connectivity index (χ2v) is 6.14. The Hall–Kier alpha value is -1.02. The van der Waals surface area contributed by atoms with Crippen molar-refractivity contribution in [1.82, 2.24) is 4.90 Å². The topological polar surface area (TPSA) is 12.5 Å². The molecule has 0 atom stereocenters. The van der Waals surface area contributed by atoms with Gasteiger partial charge in [0.25, 0.3) is 0 Å². The molecule has 0 saturated heterocycles. The molecular formula is C16H27NO. The highest BCUT2D eigenvalue weighted by atomic mass is 16.5. The Morgan fingerprint density at radius 3 is 2.44 bits per heavy atom. The number of hydrogen-bond acceptors (Lipinski definition) is 2. The van der Waals surface area contributed by atoms with E-state index in [0.717, 1.165) is 25.3 Å². The van der Waals surface area contributed by atoms with E-state index in [1.54, 1.807) is 0 Å². The van der Waals surface area contributed by atoms with Crippen molar-refractivity contribution in [2.45, 2.75) is 39.0 Å². The highest BCUT2D eigenvalue weighted by molar-refractivity contribution is 5.32. The lowest BCUT2D eigenvalue weighted by Crippen LogP contribution is -2.14. The van der Waals surface area contributed by atoms with Gasteiger partial charge in [0.15, 0.2) is 0 Å². The van der Waals surface area contributed by atoms with Gasteiger partial charge in [-0.05, 0) is 56.6 Å². The molecule has 0 saturated carbocycles. The fraction of sp³-hybridized carbons (Fsp3) is 0.625. The molecule has 1 aromatic carbocycles. The second kappa shape index (κ2) is 6.79. The Labute approximate surface area is 112 Å². The third kappa shape index (κ3) is 5.54. The molecule has 2 heteroatoms. The minimum Gasteiger partial charge on any atom is -0.494 e. The molecule has 0 N–H and O–H groups in total. The lowest BCUT2D eigenvalue weighted by Gasteiger charge is -2.19. The van der Waals surface area contributed by atoms with Gasteiger partial charge >= 0.3 is 0 Å². The van der Waals surface area contributed by atoms with Crippen LogP contribution in [-0.2, 0) is 5.41 Å². The van der Waals surface area contributed by atoms with E-state index in [2.05, 4.69) is 58.0 Å². The summed E-state index contributed by atoms with van der Waals surface area (Å²) in [5, 5.41) is 0. The molecule has 18 heavy (non-hydrogen) atoms. The van der Waals surface area contributed by atoms with Gasteiger partial charge in [0.2, 0.25) is 0 Å². The molecular weight excluding hydrogens is 222 g/mol. The molecule has 0 aliphatic heterocycles. The first-order valence-corrected chi connectivity index (χ1v) is 6.77. The molecule has 2 nitrogen and oxygen atoms in total. The van der Waals surface area contributed by atoms with Gasteiger partial charge in [-0.15, -0.1) is 0 Å². The Morgan fingerprint density at radius 1 is 1.11 bits per heavy atom. The molecule has 0 radical (unpaired) electrons. The van der Waals surface area contributed by atoms with Crippen molar-refractivity contribution in [2.75, 3.05) is 27.2 Å². The summed E-state index contributed by atoms with van der Waals surface area (Å²) >= 11 is 0. The zero-order chi connectivity index (χ0) is 13.6. The van der Waals surface area contributed by atoms with Crippen molar-refractivity contribution in [3.05, 3.63) is 29.8 Å². The van der Waals surface area contributed by atoms with Crippen LogP contribution in [0, 0.1) is 0 Å². The maximum Gasteiger partial charge on any atom is 0.119 e. The van der Waals surface area contributed by atoms with Gasteiger partial charge in [0.05, 0.1) is 6.61 Å². The maximum absolute atomic E-state index is 5.81. The van der Waals surface area contributed by atoms with Crippen LogP contribution in [0.3, 0.4) is 0 Å². The molecule has 0 aliphatic rings. The molecule has 0 bridgehead atoms. The summed E-state index contributed by atoms with van der Waals surface area (Å²) in [7, 11) is 4.21. The summed E-state index contributed by atoms with van der Waals surface area (Å²) in [5.74, 6) is 0.993. The summed E-state index contributed by atoms with van der Waals surface area (Å²) < 4.78 is 5.81. The monoisotopic (exact) mass is 249 g/mol. The second-order valence-electron chi connectivity index (χ2n) is 6.14. The molecule has 0 unspecified atom stereocenters. The van der Waals surface area contributed by atoms with Gasteiger partial charge in [0.1, 0.15) is 5.75 Å². The summed E-state index contributed by atoms with van der Waals surface area (Å²) in [6.07, 6.45) is 2.30. The number of ether oxygens (including phenoxy) is 1. The van der Waals surface area contributed by atoms with Gasteiger partial charge in [-0.25, -0.2) is 0 Å². The minimum atomic E-state index is 0.185. The summed E-state index contributed by atoms with van der Waals surface area (Å²) in [6.45, 7) is 8.61. The highest BCUT2D eigenvalue weighted by Crippen LogP contribution is 2.25. The van der Waals surface area contributed by atoms with Crippen LogP contribution in [0.25, 0.3) is 0 Å². The molecule has 102 valence electrons. The first kappa shape index (κ1) is 15.0. The van der Waals surface area contributed by atoms with Gasteiger partial charge in [0, 0.05) is 0 Å². The van der Waals surface area contributed by atoms with E-state index in [9.17, 15) is 0 Å². The van der Waals surface area contributed by atoms with E-state index < -0.39 is 0 Å². The number of rotatable bonds is 6. The SMILES string of the molecule is CN(C)CCCCOc1cccc(C(C)(C)C)c1. The van der Waals surface area contributed by atoms with E-state index in [4.69, 9.17) is 4.74 Å². The largest absolute Gasteiger partial charge is 0.494 e. The van der Waals surface area contributed by atoms with Crippen LogP contribution >= 0.6 is 0 Å². The van der Waals surface area contributed by atoms with Crippen LogP contribution < -0.4 is 4.74 Å². The van der Waals surface area contributed by atoms with Gasteiger partial charge in [-0.3, -0.25) is 0 Å². The van der Waals surface area contributed by atoms with Gasteiger partial charge in [-0.2, -0.15) is 0 Å². The molecule has 0 spiro atoms. The molecule has 0 aliphatic carbocycles. The Morgan fingerprint density at radius 2 is 1.83 bits per heavy atom. The average Bonchev–Trinajstić information content (AvgIpc) is 2.27. The van der Waals surface area contributed by atoms with Crippen LogP contribution in [0.15, 0.2) is 24.3 Å². The Kier molecular flexibility index (Phi) is 5.67.